The van der Waals surface area contributed by atoms with Gasteiger partial charge in [-0.25, -0.2) is 15.0 Å². The van der Waals surface area contributed by atoms with Crippen LogP contribution in [-0.2, 0) is 14.3 Å². The highest BCUT2D eigenvalue weighted by atomic mass is 35.5. The van der Waals surface area contributed by atoms with Gasteiger partial charge in [-0.1, -0.05) is 11.6 Å². The fourth-order valence-electron chi connectivity index (χ4n) is 1.81. The van der Waals surface area contributed by atoms with Gasteiger partial charge in [-0.2, -0.15) is 0 Å². The van der Waals surface area contributed by atoms with E-state index < -0.39 is 18.0 Å². The van der Waals surface area contributed by atoms with Gasteiger partial charge in [0.1, 0.15) is 5.82 Å². The Kier molecular flexibility index (Phi) is 7.09. The normalized spacial score (nSPS) is 11.4. The number of esters is 1. The lowest BCUT2D eigenvalue weighted by Gasteiger charge is -2.13. The second-order valence-corrected chi connectivity index (χ2v) is 5.52. The van der Waals surface area contributed by atoms with Crippen LogP contribution in [0.1, 0.15) is 19.8 Å². The van der Waals surface area contributed by atoms with Crippen molar-refractivity contribution in [1.82, 2.24) is 15.0 Å². The number of nitrogens with zero attached hydrogens (tertiary/aromatic N) is 3. The van der Waals surface area contributed by atoms with Crippen LogP contribution in [0.5, 0.6) is 0 Å². The molecule has 2 aromatic heterocycles. The molecule has 1 amide bonds. The Morgan fingerprint density at radius 2 is 2.00 bits per heavy atom. The van der Waals surface area contributed by atoms with Crippen molar-refractivity contribution in [2.45, 2.75) is 25.9 Å². The van der Waals surface area contributed by atoms with E-state index in [9.17, 15) is 9.59 Å². The number of anilines is 2. The van der Waals surface area contributed by atoms with Crippen LogP contribution in [0.15, 0.2) is 36.8 Å². The number of carbonyl (C=O) groups excluding carboxylic acids is 2. The molecule has 2 aromatic rings. The fraction of sp³-hybridized carbons (Fsp3) is 0.312. The second kappa shape index (κ2) is 9.53. The van der Waals surface area contributed by atoms with Crippen LogP contribution in [0.25, 0.3) is 0 Å². The summed E-state index contributed by atoms with van der Waals surface area (Å²) in [6, 6.07) is 4.88. The zero-order valence-corrected chi connectivity index (χ0v) is 14.4. The standard InChI is InChI=1S/C16H18ClN5O3/c1-11(15(24)22-13-6-5-12(17)10-21-13)25-14(23)4-2-7-18-16-19-8-3-9-20-16/h3,5-6,8-11H,2,4,7H2,1H3,(H,18,19,20)(H,21,22,24)/t11-/m0/s1. The van der Waals surface area contributed by atoms with E-state index in [0.717, 1.165) is 0 Å². The molecule has 0 saturated heterocycles. The minimum Gasteiger partial charge on any atom is -0.453 e. The number of nitrogens with one attached hydrogen (secondary N) is 2. The van der Waals surface area contributed by atoms with E-state index in [0.29, 0.717) is 29.8 Å². The molecule has 0 unspecified atom stereocenters. The van der Waals surface area contributed by atoms with Crippen molar-refractivity contribution in [1.29, 1.82) is 0 Å². The molecular weight excluding hydrogens is 346 g/mol. The molecule has 9 heteroatoms. The largest absolute Gasteiger partial charge is 0.453 e. The van der Waals surface area contributed by atoms with E-state index in [2.05, 4.69) is 25.6 Å². The highest BCUT2D eigenvalue weighted by molar-refractivity contribution is 6.30. The van der Waals surface area contributed by atoms with E-state index in [-0.39, 0.29) is 6.42 Å². The van der Waals surface area contributed by atoms with Crippen molar-refractivity contribution in [3.8, 4) is 0 Å². The van der Waals surface area contributed by atoms with Crippen molar-refractivity contribution >= 4 is 35.2 Å². The van der Waals surface area contributed by atoms with Crippen LogP contribution in [-0.4, -0.2) is 39.5 Å². The number of amides is 1. The van der Waals surface area contributed by atoms with Gasteiger partial charge in [0, 0.05) is 31.6 Å². The Morgan fingerprint density at radius 1 is 1.24 bits per heavy atom. The van der Waals surface area contributed by atoms with Gasteiger partial charge in [0.2, 0.25) is 5.95 Å². The van der Waals surface area contributed by atoms with Gasteiger partial charge < -0.3 is 15.4 Å². The number of halogens is 1. The van der Waals surface area contributed by atoms with E-state index in [1.165, 1.54) is 13.1 Å². The summed E-state index contributed by atoms with van der Waals surface area (Å²) < 4.78 is 5.10. The molecule has 0 spiro atoms. The van der Waals surface area contributed by atoms with Crippen LogP contribution in [0, 0.1) is 0 Å². The summed E-state index contributed by atoms with van der Waals surface area (Å²) >= 11 is 5.72. The van der Waals surface area contributed by atoms with Gasteiger partial charge in [0.05, 0.1) is 5.02 Å². The quantitative estimate of drug-likeness (QED) is 0.547. The van der Waals surface area contributed by atoms with Crippen molar-refractivity contribution < 1.29 is 14.3 Å². The number of hydrogen-bond acceptors (Lipinski definition) is 7. The number of pyridine rings is 1. The van der Waals surface area contributed by atoms with E-state index >= 15 is 0 Å². The molecule has 0 radical (unpaired) electrons. The van der Waals surface area contributed by atoms with Gasteiger partial charge in [0.25, 0.3) is 5.91 Å². The molecular formula is C16H18ClN5O3. The first-order valence-electron chi connectivity index (χ1n) is 7.67. The number of rotatable bonds is 8. The Bertz CT molecular complexity index is 697. The predicted octanol–water partition coefficient (Wildman–Crippen LogP) is 2.29. The van der Waals surface area contributed by atoms with Crippen LogP contribution in [0.2, 0.25) is 5.02 Å². The minimum atomic E-state index is -0.921. The topological polar surface area (TPSA) is 106 Å². The fourth-order valence-corrected chi connectivity index (χ4v) is 1.92. The number of ether oxygens (including phenoxy) is 1. The first-order valence-corrected chi connectivity index (χ1v) is 8.05. The summed E-state index contributed by atoms with van der Waals surface area (Å²) in [4.78, 5) is 35.7. The SMILES string of the molecule is C[C@H](OC(=O)CCCNc1ncccn1)C(=O)Nc1ccc(Cl)cn1. The average molecular weight is 364 g/mol. The maximum Gasteiger partial charge on any atom is 0.306 e. The van der Waals surface area contributed by atoms with E-state index in [4.69, 9.17) is 16.3 Å². The second-order valence-electron chi connectivity index (χ2n) is 5.09. The lowest BCUT2D eigenvalue weighted by atomic mass is 10.3. The lowest BCUT2D eigenvalue weighted by Crippen LogP contribution is -2.30. The van der Waals surface area contributed by atoms with Crippen LogP contribution in [0.4, 0.5) is 11.8 Å². The van der Waals surface area contributed by atoms with Crippen molar-refractivity contribution in [3.05, 3.63) is 41.8 Å². The molecule has 0 bridgehead atoms. The van der Waals surface area contributed by atoms with Crippen LogP contribution in [0.3, 0.4) is 0 Å². The summed E-state index contributed by atoms with van der Waals surface area (Å²) in [7, 11) is 0. The molecule has 0 fully saturated rings. The molecule has 8 nitrogen and oxygen atoms in total. The average Bonchev–Trinajstić information content (AvgIpc) is 2.61. The summed E-state index contributed by atoms with van der Waals surface area (Å²) in [5.41, 5.74) is 0. The first-order chi connectivity index (χ1) is 12.0. The molecule has 1 atom stereocenters. The van der Waals surface area contributed by atoms with Crippen molar-refractivity contribution in [3.63, 3.8) is 0 Å². The van der Waals surface area contributed by atoms with Gasteiger partial charge in [-0.3, -0.25) is 9.59 Å². The van der Waals surface area contributed by atoms with Gasteiger partial charge in [0.15, 0.2) is 6.10 Å². The lowest BCUT2D eigenvalue weighted by molar-refractivity contribution is -0.153. The summed E-state index contributed by atoms with van der Waals surface area (Å²) in [5, 5.41) is 6.00. The van der Waals surface area contributed by atoms with Gasteiger partial charge >= 0.3 is 5.97 Å². The van der Waals surface area contributed by atoms with Crippen LogP contribution >= 0.6 is 11.6 Å². The summed E-state index contributed by atoms with van der Waals surface area (Å²) in [6.45, 7) is 2.02. The Labute approximate surface area is 150 Å². The van der Waals surface area contributed by atoms with E-state index in [1.54, 1.807) is 30.6 Å². The molecule has 132 valence electrons. The van der Waals surface area contributed by atoms with Crippen LogP contribution < -0.4 is 10.6 Å². The zero-order valence-electron chi connectivity index (χ0n) is 13.6. The minimum absolute atomic E-state index is 0.177. The molecule has 0 aliphatic rings. The van der Waals surface area contributed by atoms with Gasteiger partial charge in [-0.05, 0) is 31.5 Å². The third kappa shape index (κ3) is 6.72. The zero-order chi connectivity index (χ0) is 18.1. The summed E-state index contributed by atoms with van der Waals surface area (Å²) in [5.74, 6) is -0.0788. The van der Waals surface area contributed by atoms with E-state index in [1.807, 2.05) is 0 Å². The monoisotopic (exact) mass is 363 g/mol. The highest BCUT2D eigenvalue weighted by Gasteiger charge is 2.18. The maximum atomic E-state index is 12.0. The smallest absolute Gasteiger partial charge is 0.306 e. The number of hydrogen-bond donors (Lipinski definition) is 2. The third-order valence-corrected chi connectivity index (χ3v) is 3.29. The Balaban J connectivity index is 1.66. The summed E-state index contributed by atoms with van der Waals surface area (Å²) in [6.07, 6.45) is 4.45. The molecule has 0 aliphatic heterocycles. The van der Waals surface area contributed by atoms with Crippen molar-refractivity contribution in [2.24, 2.45) is 0 Å². The molecule has 2 heterocycles. The predicted molar refractivity (Wildman–Crippen MR) is 93.2 cm³/mol. The number of aromatic nitrogens is 3. The number of carbonyl (C=O) groups is 2. The molecule has 2 N–H and O–H groups in total. The Hall–Kier alpha value is -2.74. The molecule has 0 aromatic carbocycles. The molecule has 25 heavy (non-hydrogen) atoms. The first kappa shape index (κ1) is 18.6. The highest BCUT2D eigenvalue weighted by Crippen LogP contribution is 2.10. The molecule has 0 saturated carbocycles. The van der Waals surface area contributed by atoms with Crippen molar-refractivity contribution in [2.75, 3.05) is 17.2 Å². The molecule has 0 aliphatic carbocycles. The third-order valence-electron chi connectivity index (χ3n) is 3.06. The van der Waals surface area contributed by atoms with Gasteiger partial charge in [-0.15, -0.1) is 0 Å². The Morgan fingerprint density at radius 3 is 2.68 bits per heavy atom. The molecule has 2 rings (SSSR count). The maximum absolute atomic E-state index is 12.0.